The predicted molar refractivity (Wildman–Crippen MR) is 56.0 cm³/mol. The molecule has 0 bridgehead atoms. The van der Waals surface area contributed by atoms with Gasteiger partial charge in [0.25, 0.3) is 9.70 Å². The molecule has 0 spiro atoms. The van der Waals surface area contributed by atoms with Crippen LogP contribution in [0.4, 0.5) is 5.82 Å². The summed E-state index contributed by atoms with van der Waals surface area (Å²) in [6.07, 6.45) is 2.72. The monoisotopic (exact) mass is 273 g/mol. The highest BCUT2D eigenvalue weighted by atomic mass is 35.6. The van der Waals surface area contributed by atoms with Crippen molar-refractivity contribution in [3.63, 3.8) is 0 Å². The Bertz CT molecular complexity index is 351. The number of alkyl halides is 3. The van der Waals surface area contributed by atoms with Crippen molar-refractivity contribution in [2.45, 2.75) is 3.79 Å². The van der Waals surface area contributed by atoms with Gasteiger partial charge in [0.15, 0.2) is 11.0 Å². The highest BCUT2D eigenvalue weighted by Crippen LogP contribution is 2.28. The Morgan fingerprint density at radius 1 is 1.29 bits per heavy atom. The second-order valence-corrected chi connectivity index (χ2v) is 4.79. The quantitative estimate of drug-likeness (QED) is 0.801. The molecule has 0 saturated carbocycles. The lowest BCUT2D eigenvalue weighted by Gasteiger charge is -2.10. The molecule has 0 aromatic carbocycles. The van der Waals surface area contributed by atoms with E-state index in [1.807, 2.05) is 0 Å². The van der Waals surface area contributed by atoms with E-state index >= 15 is 0 Å². The third-order valence-corrected chi connectivity index (χ3v) is 1.93. The Labute approximate surface area is 99.5 Å². The van der Waals surface area contributed by atoms with E-state index in [4.69, 9.17) is 46.4 Å². The summed E-state index contributed by atoms with van der Waals surface area (Å²) >= 11 is 21.5. The standard InChI is InChI=1S/C6H3Cl4N3O/c7-3-4(12-2-1-11-3)13-5(14)6(8,9)10/h1-2H,(H,12,13,14). The average Bonchev–Trinajstić information content (AvgIpc) is 2.07. The topological polar surface area (TPSA) is 54.9 Å². The summed E-state index contributed by atoms with van der Waals surface area (Å²) in [5, 5.41) is 2.23. The van der Waals surface area contributed by atoms with E-state index in [2.05, 4.69) is 15.3 Å². The van der Waals surface area contributed by atoms with Gasteiger partial charge in [-0.15, -0.1) is 0 Å². The molecule has 0 unspecified atom stereocenters. The summed E-state index contributed by atoms with van der Waals surface area (Å²) in [5.74, 6) is -0.796. The fourth-order valence-corrected chi connectivity index (χ4v) is 0.877. The minimum atomic E-state index is -2.05. The van der Waals surface area contributed by atoms with Crippen LogP contribution in [0.25, 0.3) is 0 Å². The largest absolute Gasteiger partial charge is 0.304 e. The second-order valence-electron chi connectivity index (χ2n) is 2.15. The lowest BCUT2D eigenvalue weighted by molar-refractivity contribution is -0.115. The Hall–Kier alpha value is -0.290. The van der Waals surface area contributed by atoms with Gasteiger partial charge in [0.05, 0.1) is 0 Å². The molecular weight excluding hydrogens is 272 g/mol. The number of halogens is 4. The number of nitrogens with zero attached hydrogens (tertiary/aromatic N) is 2. The highest BCUT2D eigenvalue weighted by molar-refractivity contribution is 6.76. The summed E-state index contributed by atoms with van der Waals surface area (Å²) in [7, 11) is 0. The minimum Gasteiger partial charge on any atom is -0.304 e. The zero-order valence-electron chi connectivity index (χ0n) is 6.47. The smallest absolute Gasteiger partial charge is 0.277 e. The number of aromatic nitrogens is 2. The number of rotatable bonds is 1. The molecule has 1 rings (SSSR count). The van der Waals surface area contributed by atoms with Crippen LogP contribution in [0.2, 0.25) is 5.15 Å². The van der Waals surface area contributed by atoms with Gasteiger partial charge < -0.3 is 5.32 Å². The molecule has 0 aliphatic heterocycles. The van der Waals surface area contributed by atoms with E-state index in [0.29, 0.717) is 0 Å². The Morgan fingerprint density at radius 2 is 1.86 bits per heavy atom. The maximum Gasteiger partial charge on any atom is 0.277 e. The lowest BCUT2D eigenvalue weighted by Crippen LogP contribution is -2.27. The van der Waals surface area contributed by atoms with Crippen molar-refractivity contribution in [2.75, 3.05) is 5.32 Å². The van der Waals surface area contributed by atoms with Crippen LogP contribution in [0.5, 0.6) is 0 Å². The lowest BCUT2D eigenvalue weighted by atomic mass is 10.6. The van der Waals surface area contributed by atoms with Crippen molar-refractivity contribution < 1.29 is 4.79 Å². The van der Waals surface area contributed by atoms with E-state index in [9.17, 15) is 4.79 Å². The number of nitrogens with one attached hydrogen (secondary N) is 1. The molecule has 0 saturated heterocycles. The van der Waals surface area contributed by atoms with Gasteiger partial charge in [-0.1, -0.05) is 46.4 Å². The highest BCUT2D eigenvalue weighted by Gasteiger charge is 2.31. The fraction of sp³-hybridized carbons (Fsp3) is 0.167. The van der Waals surface area contributed by atoms with E-state index in [1.165, 1.54) is 12.4 Å². The number of carbonyl (C=O) groups excluding carboxylic acids is 1. The molecule has 0 radical (unpaired) electrons. The van der Waals surface area contributed by atoms with Crippen molar-refractivity contribution in [1.29, 1.82) is 0 Å². The van der Waals surface area contributed by atoms with Crippen molar-refractivity contribution >= 4 is 58.1 Å². The summed E-state index contributed by atoms with van der Waals surface area (Å²) in [5.41, 5.74) is 0. The van der Waals surface area contributed by atoms with E-state index in [0.717, 1.165) is 0 Å². The first-order chi connectivity index (χ1) is 6.41. The van der Waals surface area contributed by atoms with E-state index in [-0.39, 0.29) is 11.0 Å². The zero-order chi connectivity index (χ0) is 10.8. The molecular formula is C6H3Cl4N3O. The molecule has 1 amide bonds. The number of hydrogen-bond donors (Lipinski definition) is 1. The first kappa shape index (κ1) is 11.8. The first-order valence-electron chi connectivity index (χ1n) is 3.26. The Balaban J connectivity index is 2.80. The Kier molecular flexibility index (Phi) is 3.78. The molecule has 0 aliphatic carbocycles. The molecule has 1 N–H and O–H groups in total. The van der Waals surface area contributed by atoms with Crippen LogP contribution in [0, 0.1) is 0 Å². The molecule has 1 heterocycles. The van der Waals surface area contributed by atoms with Crippen molar-refractivity contribution in [3.8, 4) is 0 Å². The summed E-state index contributed by atoms with van der Waals surface area (Å²) in [4.78, 5) is 18.6. The zero-order valence-corrected chi connectivity index (χ0v) is 9.49. The summed E-state index contributed by atoms with van der Waals surface area (Å²) in [6.45, 7) is 0. The van der Waals surface area contributed by atoms with Crippen LogP contribution in [-0.4, -0.2) is 19.7 Å². The third kappa shape index (κ3) is 3.13. The molecule has 4 nitrogen and oxygen atoms in total. The number of carbonyl (C=O) groups is 1. The van der Waals surface area contributed by atoms with Crippen molar-refractivity contribution in [1.82, 2.24) is 9.97 Å². The molecule has 14 heavy (non-hydrogen) atoms. The minimum absolute atomic E-state index is 0.0232. The third-order valence-electron chi connectivity index (χ3n) is 1.14. The van der Waals surface area contributed by atoms with E-state index < -0.39 is 9.70 Å². The average molecular weight is 275 g/mol. The fourth-order valence-electron chi connectivity index (χ4n) is 0.583. The van der Waals surface area contributed by atoms with Crippen LogP contribution in [0.1, 0.15) is 0 Å². The van der Waals surface area contributed by atoms with Gasteiger partial charge in [0.2, 0.25) is 0 Å². The first-order valence-corrected chi connectivity index (χ1v) is 4.77. The maximum absolute atomic E-state index is 11.2. The van der Waals surface area contributed by atoms with Crippen LogP contribution in [-0.2, 0) is 4.79 Å². The van der Waals surface area contributed by atoms with E-state index in [1.54, 1.807) is 0 Å². The SMILES string of the molecule is O=C(Nc1nccnc1Cl)C(Cl)(Cl)Cl. The molecule has 1 aromatic heterocycles. The van der Waals surface area contributed by atoms with Crippen LogP contribution in [0.3, 0.4) is 0 Å². The van der Waals surface area contributed by atoms with Crippen LogP contribution >= 0.6 is 46.4 Å². The van der Waals surface area contributed by atoms with Gasteiger partial charge in [0.1, 0.15) is 0 Å². The van der Waals surface area contributed by atoms with Crippen molar-refractivity contribution in [3.05, 3.63) is 17.5 Å². The summed E-state index contributed by atoms with van der Waals surface area (Å²) < 4.78 is -2.05. The van der Waals surface area contributed by atoms with Gasteiger partial charge in [-0.05, 0) is 0 Å². The molecule has 8 heteroatoms. The molecule has 0 aliphatic rings. The molecule has 76 valence electrons. The summed E-state index contributed by atoms with van der Waals surface area (Å²) in [6, 6.07) is 0. The van der Waals surface area contributed by atoms with Gasteiger partial charge in [0, 0.05) is 12.4 Å². The normalized spacial score (nSPS) is 11.1. The number of anilines is 1. The molecule has 0 fully saturated rings. The van der Waals surface area contributed by atoms with Gasteiger partial charge >= 0.3 is 0 Å². The molecule has 1 aromatic rings. The second kappa shape index (κ2) is 4.49. The van der Waals surface area contributed by atoms with Gasteiger partial charge in [-0.25, -0.2) is 9.97 Å². The number of amides is 1. The number of hydrogen-bond acceptors (Lipinski definition) is 3. The van der Waals surface area contributed by atoms with Crippen molar-refractivity contribution in [2.24, 2.45) is 0 Å². The predicted octanol–water partition coefficient (Wildman–Crippen LogP) is 2.44. The van der Waals surface area contributed by atoms with Gasteiger partial charge in [-0.3, -0.25) is 4.79 Å². The van der Waals surface area contributed by atoms with Crippen LogP contribution in [0.15, 0.2) is 12.4 Å². The van der Waals surface area contributed by atoms with Gasteiger partial charge in [-0.2, -0.15) is 0 Å². The molecule has 0 atom stereocenters. The Morgan fingerprint density at radius 3 is 2.36 bits per heavy atom. The maximum atomic E-state index is 11.2. The van der Waals surface area contributed by atoms with Crippen LogP contribution < -0.4 is 5.32 Å².